The Kier molecular flexibility index (Phi) is 4.81. The fourth-order valence-electron chi connectivity index (χ4n) is 3.13. The Morgan fingerprint density at radius 1 is 1.13 bits per heavy atom. The van der Waals surface area contributed by atoms with Crippen LogP contribution in [0.1, 0.15) is 31.2 Å². The van der Waals surface area contributed by atoms with Gasteiger partial charge in [0.05, 0.1) is 26.0 Å². The molecule has 0 atom stereocenters. The molecule has 0 saturated carbocycles. The molecule has 3 rings (SSSR count). The monoisotopic (exact) mass is 317 g/mol. The standard InChI is InChI=1S/C17H23N3O3/c1-22-15-5-3-12(11-16(15)23-2)14-4-6-17(21)20(19-14)13-7-9-18-10-8-13/h3,5,11,13,18H,4,6-10H2,1-2H3. The fourth-order valence-corrected chi connectivity index (χ4v) is 3.13. The number of nitrogens with zero attached hydrogens (tertiary/aromatic N) is 2. The minimum absolute atomic E-state index is 0.126. The number of methoxy groups -OCH3 is 2. The van der Waals surface area contributed by atoms with Gasteiger partial charge in [0.1, 0.15) is 0 Å². The molecule has 1 fully saturated rings. The van der Waals surface area contributed by atoms with E-state index < -0.39 is 0 Å². The van der Waals surface area contributed by atoms with Gasteiger partial charge in [0.2, 0.25) is 5.91 Å². The molecule has 1 aromatic rings. The summed E-state index contributed by atoms with van der Waals surface area (Å²) in [6, 6.07) is 5.98. The largest absolute Gasteiger partial charge is 0.493 e. The Balaban J connectivity index is 1.87. The van der Waals surface area contributed by atoms with E-state index >= 15 is 0 Å². The predicted octanol–water partition coefficient (Wildman–Crippen LogP) is 1.78. The Bertz CT molecular complexity index is 609. The molecule has 0 bridgehead atoms. The summed E-state index contributed by atoms with van der Waals surface area (Å²) in [6.07, 6.45) is 3.08. The van der Waals surface area contributed by atoms with Crippen LogP contribution in [0.15, 0.2) is 23.3 Å². The molecule has 1 amide bonds. The van der Waals surface area contributed by atoms with Crippen molar-refractivity contribution in [3.05, 3.63) is 23.8 Å². The van der Waals surface area contributed by atoms with Gasteiger partial charge in [-0.2, -0.15) is 5.10 Å². The predicted molar refractivity (Wildman–Crippen MR) is 88.1 cm³/mol. The van der Waals surface area contributed by atoms with Crippen LogP contribution in [0.5, 0.6) is 11.5 Å². The second-order valence-electron chi connectivity index (χ2n) is 5.84. The molecule has 6 nitrogen and oxygen atoms in total. The van der Waals surface area contributed by atoms with Crippen molar-refractivity contribution in [2.45, 2.75) is 31.7 Å². The number of benzene rings is 1. The highest BCUT2D eigenvalue weighted by Gasteiger charge is 2.29. The van der Waals surface area contributed by atoms with Crippen molar-refractivity contribution in [3.63, 3.8) is 0 Å². The quantitative estimate of drug-likeness (QED) is 0.919. The van der Waals surface area contributed by atoms with Gasteiger partial charge in [0.25, 0.3) is 0 Å². The number of carbonyl (C=O) groups is 1. The van der Waals surface area contributed by atoms with Crippen LogP contribution in [0.2, 0.25) is 0 Å². The zero-order valence-corrected chi connectivity index (χ0v) is 13.7. The van der Waals surface area contributed by atoms with Gasteiger partial charge in [0, 0.05) is 18.4 Å². The molecular weight excluding hydrogens is 294 g/mol. The Hall–Kier alpha value is -2.08. The first kappa shape index (κ1) is 15.8. The van der Waals surface area contributed by atoms with Crippen molar-refractivity contribution < 1.29 is 14.3 Å². The summed E-state index contributed by atoms with van der Waals surface area (Å²) in [5, 5.41) is 9.69. The maximum absolute atomic E-state index is 12.2. The minimum atomic E-state index is 0.126. The third-order valence-electron chi connectivity index (χ3n) is 4.43. The highest BCUT2D eigenvalue weighted by Crippen LogP contribution is 2.29. The van der Waals surface area contributed by atoms with E-state index in [2.05, 4.69) is 10.4 Å². The lowest BCUT2D eigenvalue weighted by Crippen LogP contribution is -2.45. The van der Waals surface area contributed by atoms with E-state index in [9.17, 15) is 4.79 Å². The summed E-state index contributed by atoms with van der Waals surface area (Å²) in [5.74, 6) is 1.50. The van der Waals surface area contributed by atoms with E-state index in [0.29, 0.717) is 24.3 Å². The second-order valence-corrected chi connectivity index (χ2v) is 5.84. The molecule has 1 N–H and O–H groups in total. The number of hydrogen-bond acceptors (Lipinski definition) is 5. The van der Waals surface area contributed by atoms with E-state index in [1.807, 2.05) is 18.2 Å². The molecule has 23 heavy (non-hydrogen) atoms. The lowest BCUT2D eigenvalue weighted by atomic mass is 10.0. The summed E-state index contributed by atoms with van der Waals surface area (Å²) < 4.78 is 10.6. The van der Waals surface area contributed by atoms with Crippen LogP contribution in [0, 0.1) is 0 Å². The molecule has 0 aromatic heterocycles. The van der Waals surface area contributed by atoms with Gasteiger partial charge >= 0.3 is 0 Å². The highest BCUT2D eigenvalue weighted by atomic mass is 16.5. The van der Waals surface area contributed by atoms with Crippen molar-refractivity contribution >= 4 is 11.6 Å². The summed E-state index contributed by atoms with van der Waals surface area (Å²) in [4.78, 5) is 12.2. The van der Waals surface area contributed by atoms with Crippen molar-refractivity contribution in [3.8, 4) is 11.5 Å². The van der Waals surface area contributed by atoms with Crippen LogP contribution in [-0.4, -0.2) is 50.0 Å². The normalized spacial score (nSPS) is 19.5. The van der Waals surface area contributed by atoms with Crippen LogP contribution >= 0.6 is 0 Å². The number of hydrogen-bond donors (Lipinski definition) is 1. The molecule has 124 valence electrons. The van der Waals surface area contributed by atoms with Gasteiger partial charge < -0.3 is 14.8 Å². The molecule has 6 heteroatoms. The van der Waals surface area contributed by atoms with Crippen LogP contribution in [0.25, 0.3) is 0 Å². The van der Waals surface area contributed by atoms with E-state index in [-0.39, 0.29) is 11.9 Å². The lowest BCUT2D eigenvalue weighted by Gasteiger charge is -2.33. The number of carbonyl (C=O) groups excluding carboxylic acids is 1. The first-order valence-corrected chi connectivity index (χ1v) is 8.05. The van der Waals surface area contributed by atoms with Gasteiger partial charge in [-0.15, -0.1) is 0 Å². The van der Waals surface area contributed by atoms with Crippen molar-refractivity contribution in [2.24, 2.45) is 5.10 Å². The number of ether oxygens (including phenoxy) is 2. The molecule has 0 radical (unpaired) electrons. The Morgan fingerprint density at radius 2 is 1.87 bits per heavy atom. The second kappa shape index (κ2) is 7.00. The van der Waals surface area contributed by atoms with Crippen LogP contribution in [-0.2, 0) is 4.79 Å². The van der Waals surface area contributed by atoms with E-state index in [4.69, 9.17) is 9.47 Å². The first-order valence-electron chi connectivity index (χ1n) is 8.05. The zero-order valence-electron chi connectivity index (χ0n) is 13.7. The highest BCUT2D eigenvalue weighted by molar-refractivity contribution is 6.04. The van der Waals surface area contributed by atoms with E-state index in [1.165, 1.54) is 0 Å². The summed E-state index contributed by atoms with van der Waals surface area (Å²) in [7, 11) is 3.24. The molecule has 0 aliphatic carbocycles. The molecular formula is C17H23N3O3. The van der Waals surface area contributed by atoms with Gasteiger partial charge in [-0.05, 0) is 44.1 Å². The zero-order chi connectivity index (χ0) is 16.2. The number of piperidine rings is 1. The molecule has 2 aliphatic rings. The van der Waals surface area contributed by atoms with Crippen LogP contribution in [0.4, 0.5) is 0 Å². The average molecular weight is 317 g/mol. The third kappa shape index (κ3) is 3.32. The van der Waals surface area contributed by atoms with Crippen LogP contribution < -0.4 is 14.8 Å². The topological polar surface area (TPSA) is 63.2 Å². The van der Waals surface area contributed by atoms with Crippen molar-refractivity contribution in [1.82, 2.24) is 10.3 Å². The summed E-state index contributed by atoms with van der Waals surface area (Å²) in [5.41, 5.74) is 1.91. The molecule has 1 saturated heterocycles. The molecule has 1 aromatic carbocycles. The maximum Gasteiger partial charge on any atom is 0.243 e. The summed E-state index contributed by atoms with van der Waals surface area (Å²) >= 11 is 0. The first-order chi connectivity index (χ1) is 11.2. The van der Waals surface area contributed by atoms with Gasteiger partial charge in [-0.3, -0.25) is 4.79 Å². The van der Waals surface area contributed by atoms with Crippen molar-refractivity contribution in [1.29, 1.82) is 0 Å². The Morgan fingerprint density at radius 3 is 2.57 bits per heavy atom. The van der Waals surface area contributed by atoms with E-state index in [1.54, 1.807) is 19.2 Å². The smallest absolute Gasteiger partial charge is 0.243 e. The maximum atomic E-state index is 12.2. The minimum Gasteiger partial charge on any atom is -0.493 e. The number of amides is 1. The average Bonchev–Trinajstić information content (AvgIpc) is 2.62. The number of nitrogens with one attached hydrogen (secondary N) is 1. The number of hydrazone groups is 1. The van der Waals surface area contributed by atoms with Crippen LogP contribution in [0.3, 0.4) is 0 Å². The molecule has 2 aliphatic heterocycles. The molecule has 0 spiro atoms. The van der Waals surface area contributed by atoms with Gasteiger partial charge in [-0.25, -0.2) is 5.01 Å². The number of rotatable bonds is 4. The van der Waals surface area contributed by atoms with Gasteiger partial charge in [0.15, 0.2) is 11.5 Å². The SMILES string of the molecule is COc1ccc(C2=NN(C3CCNCC3)C(=O)CC2)cc1OC. The molecule has 2 heterocycles. The van der Waals surface area contributed by atoms with Crippen molar-refractivity contribution in [2.75, 3.05) is 27.3 Å². The lowest BCUT2D eigenvalue weighted by molar-refractivity contribution is -0.134. The van der Waals surface area contributed by atoms with Gasteiger partial charge in [-0.1, -0.05) is 0 Å². The molecule has 0 unspecified atom stereocenters. The summed E-state index contributed by atoms with van der Waals surface area (Å²) in [6.45, 7) is 1.88. The Labute approximate surface area is 136 Å². The van der Waals surface area contributed by atoms with E-state index in [0.717, 1.165) is 37.2 Å². The fraction of sp³-hybridized carbons (Fsp3) is 0.529. The third-order valence-corrected chi connectivity index (χ3v) is 4.43.